The lowest BCUT2D eigenvalue weighted by molar-refractivity contribution is 0.0871. The van der Waals surface area contributed by atoms with E-state index < -0.39 is 15.9 Å². The van der Waals surface area contributed by atoms with E-state index in [0.29, 0.717) is 6.42 Å². The minimum absolute atomic E-state index is 0.113. The van der Waals surface area contributed by atoms with Crippen molar-refractivity contribution < 1.29 is 13.2 Å². The van der Waals surface area contributed by atoms with Gasteiger partial charge in [0, 0.05) is 12.7 Å². The Bertz CT molecular complexity index is 557. The van der Waals surface area contributed by atoms with Gasteiger partial charge in [0.1, 0.15) is 0 Å². The number of carbonyl (C=O) groups is 1. The van der Waals surface area contributed by atoms with Gasteiger partial charge in [-0.15, -0.1) is 0 Å². The van der Waals surface area contributed by atoms with E-state index in [2.05, 4.69) is 4.98 Å². The van der Waals surface area contributed by atoms with Crippen molar-refractivity contribution in [3.05, 3.63) is 23.9 Å². The highest BCUT2D eigenvalue weighted by atomic mass is 32.2. The fourth-order valence-corrected chi connectivity index (χ4v) is 3.93. The van der Waals surface area contributed by atoms with Crippen LogP contribution in [0.4, 0.5) is 0 Å². The smallest absolute Gasteiger partial charge is 0.268 e. The molecule has 0 saturated heterocycles. The third kappa shape index (κ3) is 2.24. The van der Waals surface area contributed by atoms with E-state index in [4.69, 9.17) is 0 Å². The average Bonchev–Trinajstić information content (AvgIpc) is 2.55. The summed E-state index contributed by atoms with van der Waals surface area (Å²) in [5.74, 6) is 1.38. The van der Waals surface area contributed by atoms with Gasteiger partial charge < -0.3 is 0 Å². The molecule has 1 aromatic rings. The molecule has 2 rings (SSSR count). The average molecular weight is 286 g/mol. The fourth-order valence-electron chi connectivity index (χ4n) is 1.78. The molecule has 18 heavy (non-hydrogen) atoms. The van der Waals surface area contributed by atoms with Gasteiger partial charge in [0.2, 0.25) is 0 Å². The summed E-state index contributed by atoms with van der Waals surface area (Å²) in [5, 5.41) is -0.113. The number of rotatable bonds is 5. The summed E-state index contributed by atoms with van der Waals surface area (Å²) >= 11 is 1.73. The Morgan fingerprint density at radius 3 is 2.89 bits per heavy atom. The highest BCUT2D eigenvalue weighted by molar-refractivity contribution is 7.99. The first kappa shape index (κ1) is 13.4. The Hall–Kier alpha value is -1.08. The van der Waals surface area contributed by atoms with E-state index in [9.17, 15) is 13.2 Å². The highest BCUT2D eigenvalue weighted by Gasteiger charge is 2.41. The predicted molar refractivity (Wildman–Crippen MR) is 70.1 cm³/mol. The standard InChI is InChI=1S/C11H14N2O3S2/c1-2-17-8-4-7-13-11(14)9-5-3-6-12-10(9)18(13,15)16/h3,5-6H,2,4,7-8H2,1H3. The maximum atomic E-state index is 12.1. The van der Waals surface area contributed by atoms with Crippen LogP contribution >= 0.6 is 11.8 Å². The SMILES string of the molecule is CCSCCCN1C(=O)c2cccnc2S1(=O)=O. The Labute approximate surface area is 111 Å². The molecule has 0 unspecified atom stereocenters. The van der Waals surface area contributed by atoms with Crippen LogP contribution in [-0.2, 0) is 10.0 Å². The van der Waals surface area contributed by atoms with Gasteiger partial charge in [0.05, 0.1) is 5.56 Å². The number of sulfonamides is 1. The number of hydrogen-bond donors (Lipinski definition) is 0. The molecule has 1 aliphatic heterocycles. The molecular weight excluding hydrogens is 272 g/mol. The second kappa shape index (κ2) is 5.27. The van der Waals surface area contributed by atoms with E-state index in [1.54, 1.807) is 17.8 Å². The summed E-state index contributed by atoms with van der Waals surface area (Å²) in [4.78, 5) is 15.8. The van der Waals surface area contributed by atoms with Crippen molar-refractivity contribution in [2.24, 2.45) is 0 Å². The number of aromatic nitrogens is 1. The van der Waals surface area contributed by atoms with Crippen LogP contribution < -0.4 is 0 Å². The molecule has 1 amide bonds. The zero-order valence-electron chi connectivity index (χ0n) is 10.00. The van der Waals surface area contributed by atoms with Crippen LogP contribution in [0, 0.1) is 0 Å². The zero-order valence-corrected chi connectivity index (χ0v) is 11.6. The van der Waals surface area contributed by atoms with E-state index in [1.807, 2.05) is 6.92 Å². The molecular formula is C11H14N2O3S2. The van der Waals surface area contributed by atoms with Crippen molar-refractivity contribution in [3.63, 3.8) is 0 Å². The molecule has 7 heteroatoms. The Balaban J connectivity index is 2.18. The van der Waals surface area contributed by atoms with E-state index in [0.717, 1.165) is 15.8 Å². The van der Waals surface area contributed by atoms with Crippen molar-refractivity contribution in [2.75, 3.05) is 18.1 Å². The molecule has 0 radical (unpaired) electrons. The Morgan fingerprint density at radius 1 is 1.44 bits per heavy atom. The largest absolute Gasteiger partial charge is 0.285 e. The number of pyridine rings is 1. The van der Waals surface area contributed by atoms with E-state index >= 15 is 0 Å². The molecule has 0 bridgehead atoms. The number of thioether (sulfide) groups is 1. The van der Waals surface area contributed by atoms with Crippen LogP contribution in [0.2, 0.25) is 0 Å². The van der Waals surface area contributed by atoms with Crippen molar-refractivity contribution in [1.29, 1.82) is 0 Å². The lowest BCUT2D eigenvalue weighted by Crippen LogP contribution is -2.31. The first-order valence-corrected chi connectivity index (χ1v) is 8.28. The second-order valence-electron chi connectivity index (χ2n) is 3.79. The number of fused-ring (bicyclic) bond motifs is 1. The molecule has 1 aromatic heterocycles. The molecule has 0 N–H and O–H groups in total. The van der Waals surface area contributed by atoms with Crippen LogP contribution in [0.15, 0.2) is 23.4 Å². The van der Waals surface area contributed by atoms with Gasteiger partial charge in [-0.1, -0.05) is 6.92 Å². The summed E-state index contributed by atoms with van der Waals surface area (Å²) in [6.45, 7) is 2.27. The highest BCUT2D eigenvalue weighted by Crippen LogP contribution is 2.28. The molecule has 0 aliphatic carbocycles. The summed E-state index contributed by atoms with van der Waals surface area (Å²) in [7, 11) is -3.72. The topological polar surface area (TPSA) is 67.3 Å². The summed E-state index contributed by atoms with van der Waals surface area (Å²) < 4.78 is 25.1. The molecule has 2 heterocycles. The quantitative estimate of drug-likeness (QED) is 0.765. The molecule has 1 aliphatic rings. The minimum Gasteiger partial charge on any atom is -0.268 e. The molecule has 0 fully saturated rings. The Morgan fingerprint density at radius 2 is 2.22 bits per heavy atom. The number of hydrogen-bond acceptors (Lipinski definition) is 5. The molecule has 98 valence electrons. The van der Waals surface area contributed by atoms with E-state index in [1.165, 1.54) is 12.3 Å². The predicted octanol–water partition coefficient (Wildman–Crippen LogP) is 1.37. The summed E-state index contributed by atoms with van der Waals surface area (Å²) in [6, 6.07) is 3.08. The number of carbonyl (C=O) groups excluding carboxylic acids is 1. The van der Waals surface area contributed by atoms with Crippen molar-refractivity contribution in [1.82, 2.24) is 9.29 Å². The third-order valence-electron chi connectivity index (χ3n) is 2.62. The van der Waals surface area contributed by atoms with Crippen molar-refractivity contribution >= 4 is 27.7 Å². The third-order valence-corrected chi connectivity index (χ3v) is 5.34. The van der Waals surface area contributed by atoms with Gasteiger partial charge in [0.15, 0.2) is 5.03 Å². The van der Waals surface area contributed by atoms with Crippen molar-refractivity contribution in [2.45, 2.75) is 18.4 Å². The van der Waals surface area contributed by atoms with Crippen LogP contribution in [0.3, 0.4) is 0 Å². The van der Waals surface area contributed by atoms with Crippen LogP contribution in [-0.4, -0.2) is 41.7 Å². The molecule has 0 saturated carbocycles. The minimum atomic E-state index is -3.72. The number of nitrogens with zero attached hydrogens (tertiary/aromatic N) is 2. The number of amides is 1. The maximum Gasteiger partial charge on any atom is 0.285 e. The summed E-state index contributed by atoms with van der Waals surface area (Å²) in [5.41, 5.74) is 0.181. The lowest BCUT2D eigenvalue weighted by Gasteiger charge is -2.13. The molecule has 5 nitrogen and oxygen atoms in total. The fraction of sp³-hybridized carbons (Fsp3) is 0.455. The van der Waals surface area contributed by atoms with Crippen LogP contribution in [0.1, 0.15) is 23.7 Å². The van der Waals surface area contributed by atoms with Crippen LogP contribution in [0.25, 0.3) is 0 Å². The molecule has 0 atom stereocenters. The molecule has 0 spiro atoms. The first-order chi connectivity index (χ1) is 8.59. The summed E-state index contributed by atoms with van der Waals surface area (Å²) in [6.07, 6.45) is 2.05. The van der Waals surface area contributed by atoms with E-state index in [-0.39, 0.29) is 17.1 Å². The van der Waals surface area contributed by atoms with Gasteiger partial charge >= 0.3 is 0 Å². The second-order valence-corrected chi connectivity index (χ2v) is 6.96. The van der Waals surface area contributed by atoms with Gasteiger partial charge in [-0.3, -0.25) is 4.79 Å². The normalized spacial score (nSPS) is 16.9. The van der Waals surface area contributed by atoms with Gasteiger partial charge in [-0.25, -0.2) is 9.29 Å². The van der Waals surface area contributed by atoms with Gasteiger partial charge in [-0.05, 0) is 30.1 Å². The zero-order chi connectivity index (χ0) is 13.2. The van der Waals surface area contributed by atoms with Crippen molar-refractivity contribution in [3.8, 4) is 0 Å². The van der Waals surface area contributed by atoms with Crippen LogP contribution in [0.5, 0.6) is 0 Å². The maximum absolute atomic E-state index is 12.1. The molecule has 0 aromatic carbocycles. The lowest BCUT2D eigenvalue weighted by atomic mass is 10.2. The van der Waals surface area contributed by atoms with Gasteiger partial charge in [0.25, 0.3) is 15.9 Å². The Kier molecular flexibility index (Phi) is 3.91. The monoisotopic (exact) mass is 286 g/mol. The van der Waals surface area contributed by atoms with Gasteiger partial charge in [-0.2, -0.15) is 20.2 Å². The first-order valence-electron chi connectivity index (χ1n) is 5.69.